The average Bonchev–Trinajstić information content (AvgIpc) is 2.50. The van der Waals surface area contributed by atoms with Gasteiger partial charge in [-0.25, -0.2) is 4.79 Å². The number of fused-ring (bicyclic) bond motifs is 1. The number of rotatable bonds is 7. The molecule has 1 heterocycles. The number of ether oxygens (including phenoxy) is 2. The lowest BCUT2D eigenvalue weighted by Crippen LogP contribution is -2.03. The van der Waals surface area contributed by atoms with E-state index in [0.29, 0.717) is 11.1 Å². The summed E-state index contributed by atoms with van der Waals surface area (Å²) in [4.78, 5) is 11.9. The van der Waals surface area contributed by atoms with Gasteiger partial charge in [0.05, 0.1) is 17.9 Å². The van der Waals surface area contributed by atoms with E-state index in [1.54, 1.807) is 18.2 Å². The van der Waals surface area contributed by atoms with E-state index in [2.05, 4.69) is 13.5 Å². The lowest BCUT2D eigenvalue weighted by atomic mass is 10.2. The van der Waals surface area contributed by atoms with E-state index in [9.17, 15) is 9.90 Å². The van der Waals surface area contributed by atoms with Crippen molar-refractivity contribution in [3.05, 3.63) is 53.8 Å². The molecule has 0 bridgehead atoms. The van der Waals surface area contributed by atoms with Crippen molar-refractivity contribution in [2.24, 2.45) is 0 Å². The quantitative estimate of drug-likeness (QED) is 0.473. The minimum absolute atomic E-state index is 0.212. The van der Waals surface area contributed by atoms with Crippen molar-refractivity contribution in [1.82, 2.24) is 0 Å². The molecule has 1 aromatic carbocycles. The molecule has 0 radical (unpaired) electrons. The molecule has 0 aliphatic carbocycles. The monoisotopic (exact) mass is 302 g/mol. The maximum absolute atomic E-state index is 11.9. The molecule has 2 rings (SSSR count). The Kier molecular flexibility index (Phi) is 5.25. The van der Waals surface area contributed by atoms with Crippen LogP contribution in [0.3, 0.4) is 0 Å². The highest BCUT2D eigenvalue weighted by Gasteiger charge is 2.15. The van der Waals surface area contributed by atoms with Gasteiger partial charge in [-0.1, -0.05) is 19.9 Å². The lowest BCUT2D eigenvalue weighted by Gasteiger charge is -2.06. The molecule has 5 nitrogen and oxygen atoms in total. The summed E-state index contributed by atoms with van der Waals surface area (Å²) < 4.78 is 15.5. The predicted molar refractivity (Wildman–Crippen MR) is 84.3 cm³/mol. The van der Waals surface area contributed by atoms with Crippen LogP contribution in [0.15, 0.2) is 52.6 Å². The first kappa shape index (κ1) is 15.7. The average molecular weight is 302 g/mol. The molecule has 0 aliphatic heterocycles. The van der Waals surface area contributed by atoms with Crippen LogP contribution in [0.5, 0.6) is 17.2 Å². The first-order valence-corrected chi connectivity index (χ1v) is 7.06. The summed E-state index contributed by atoms with van der Waals surface area (Å²) in [6, 6.07) is 4.71. The molecule has 0 amide bonds. The third-order valence-corrected chi connectivity index (χ3v) is 3.04. The van der Waals surface area contributed by atoms with Gasteiger partial charge in [0.1, 0.15) is 11.3 Å². The highest BCUT2D eigenvalue weighted by molar-refractivity contribution is 5.86. The first-order chi connectivity index (χ1) is 10.7. The normalized spacial score (nSPS) is 11.0. The highest BCUT2D eigenvalue weighted by atomic mass is 16.5. The summed E-state index contributed by atoms with van der Waals surface area (Å²) in [7, 11) is 0. The summed E-state index contributed by atoms with van der Waals surface area (Å²) >= 11 is 0. The van der Waals surface area contributed by atoms with Crippen LogP contribution in [0.4, 0.5) is 0 Å². The molecule has 0 saturated heterocycles. The molecular weight excluding hydrogens is 284 g/mol. The third-order valence-electron chi connectivity index (χ3n) is 3.04. The maximum atomic E-state index is 11.9. The van der Waals surface area contributed by atoms with Crippen molar-refractivity contribution in [2.45, 2.75) is 26.2 Å². The second kappa shape index (κ2) is 7.36. The SMILES string of the molecule is C=COc1ccc2c(O)c(OC=CCCCC)c(=O)oc2c1. The number of benzene rings is 1. The molecule has 116 valence electrons. The van der Waals surface area contributed by atoms with Crippen molar-refractivity contribution in [3.8, 4) is 17.2 Å². The Bertz CT molecular complexity index is 743. The van der Waals surface area contributed by atoms with Crippen molar-refractivity contribution in [1.29, 1.82) is 0 Å². The molecule has 1 N–H and O–H groups in total. The Balaban J connectivity index is 2.32. The van der Waals surface area contributed by atoms with Gasteiger partial charge in [-0.2, -0.15) is 0 Å². The predicted octanol–water partition coefficient (Wildman–Crippen LogP) is 4.10. The maximum Gasteiger partial charge on any atom is 0.383 e. The summed E-state index contributed by atoms with van der Waals surface area (Å²) in [5.41, 5.74) is -0.537. The zero-order valence-electron chi connectivity index (χ0n) is 12.4. The summed E-state index contributed by atoms with van der Waals surface area (Å²) in [5.74, 6) is -0.0210. The Labute approximate surface area is 128 Å². The fourth-order valence-electron chi connectivity index (χ4n) is 1.93. The molecular formula is C17H18O5. The molecule has 2 aromatic rings. The van der Waals surface area contributed by atoms with Crippen LogP contribution in [0, 0.1) is 0 Å². The summed E-state index contributed by atoms with van der Waals surface area (Å²) in [6.45, 7) is 5.53. The molecule has 0 saturated carbocycles. The van der Waals surface area contributed by atoms with Gasteiger partial charge in [0.2, 0.25) is 0 Å². The minimum Gasteiger partial charge on any atom is -0.504 e. The van der Waals surface area contributed by atoms with Gasteiger partial charge >= 0.3 is 5.63 Å². The summed E-state index contributed by atoms with van der Waals surface area (Å²) in [5, 5.41) is 10.5. The molecule has 0 spiro atoms. The molecule has 1 aromatic heterocycles. The van der Waals surface area contributed by atoms with E-state index >= 15 is 0 Å². The van der Waals surface area contributed by atoms with Gasteiger partial charge in [-0.3, -0.25) is 0 Å². The molecule has 0 fully saturated rings. The minimum atomic E-state index is -0.749. The second-order valence-corrected chi connectivity index (χ2v) is 4.64. The van der Waals surface area contributed by atoms with Gasteiger partial charge < -0.3 is 19.0 Å². The number of allylic oxidation sites excluding steroid dienone is 1. The highest BCUT2D eigenvalue weighted by Crippen LogP contribution is 2.33. The molecule has 0 unspecified atom stereocenters. The van der Waals surface area contributed by atoms with Crippen LogP contribution in [0.1, 0.15) is 26.2 Å². The molecule has 0 atom stereocenters. The Morgan fingerprint density at radius 2 is 2.18 bits per heavy atom. The van der Waals surface area contributed by atoms with Gasteiger partial charge in [0.25, 0.3) is 5.75 Å². The van der Waals surface area contributed by atoms with Crippen molar-refractivity contribution in [3.63, 3.8) is 0 Å². The van der Waals surface area contributed by atoms with Crippen molar-refractivity contribution in [2.75, 3.05) is 0 Å². The number of aromatic hydroxyl groups is 1. The van der Waals surface area contributed by atoms with Gasteiger partial charge in [-0.15, -0.1) is 0 Å². The zero-order chi connectivity index (χ0) is 15.9. The standard InChI is InChI=1S/C17H18O5/c1-3-5-6-7-10-21-16-15(18)13-9-8-12(20-4-2)11-14(13)22-17(16)19/h4,7-11,18H,2-3,5-6H2,1H3. The smallest absolute Gasteiger partial charge is 0.383 e. The van der Waals surface area contributed by atoms with E-state index in [-0.39, 0.29) is 17.1 Å². The van der Waals surface area contributed by atoms with Crippen LogP contribution >= 0.6 is 0 Å². The fourth-order valence-corrected chi connectivity index (χ4v) is 1.93. The van der Waals surface area contributed by atoms with E-state index in [0.717, 1.165) is 19.3 Å². The van der Waals surface area contributed by atoms with Crippen LogP contribution in [0.2, 0.25) is 0 Å². The molecule has 22 heavy (non-hydrogen) atoms. The zero-order valence-corrected chi connectivity index (χ0v) is 12.4. The van der Waals surface area contributed by atoms with Crippen molar-refractivity contribution < 1.29 is 19.0 Å². The lowest BCUT2D eigenvalue weighted by molar-refractivity contribution is 0.384. The van der Waals surface area contributed by atoms with Gasteiger partial charge in [0.15, 0.2) is 5.75 Å². The van der Waals surface area contributed by atoms with Crippen LogP contribution in [-0.2, 0) is 0 Å². The van der Waals surface area contributed by atoms with Gasteiger partial charge in [0, 0.05) is 6.07 Å². The third kappa shape index (κ3) is 3.49. The van der Waals surface area contributed by atoms with E-state index < -0.39 is 5.63 Å². The number of hydrogen-bond acceptors (Lipinski definition) is 5. The van der Waals surface area contributed by atoms with E-state index in [1.165, 1.54) is 18.6 Å². The summed E-state index contributed by atoms with van der Waals surface area (Å²) in [6.07, 6.45) is 7.40. The largest absolute Gasteiger partial charge is 0.504 e. The van der Waals surface area contributed by atoms with Crippen LogP contribution < -0.4 is 15.1 Å². The Morgan fingerprint density at radius 3 is 2.91 bits per heavy atom. The van der Waals surface area contributed by atoms with Crippen LogP contribution in [0.25, 0.3) is 11.0 Å². The van der Waals surface area contributed by atoms with Gasteiger partial charge in [-0.05, 0) is 31.1 Å². The number of hydrogen-bond donors (Lipinski definition) is 1. The second-order valence-electron chi connectivity index (χ2n) is 4.64. The first-order valence-electron chi connectivity index (χ1n) is 7.06. The topological polar surface area (TPSA) is 68.9 Å². The number of unbranched alkanes of at least 4 members (excludes halogenated alkanes) is 2. The van der Waals surface area contributed by atoms with Crippen molar-refractivity contribution >= 4 is 11.0 Å². The Morgan fingerprint density at radius 1 is 1.36 bits per heavy atom. The molecule has 0 aliphatic rings. The Hall–Kier alpha value is -2.69. The fraction of sp³-hybridized carbons (Fsp3) is 0.235. The van der Waals surface area contributed by atoms with E-state index in [1.807, 2.05) is 0 Å². The van der Waals surface area contributed by atoms with E-state index in [4.69, 9.17) is 13.9 Å². The molecule has 5 heteroatoms. The van der Waals surface area contributed by atoms with Crippen LogP contribution in [-0.4, -0.2) is 5.11 Å².